The summed E-state index contributed by atoms with van der Waals surface area (Å²) in [4.78, 5) is 23.1. The predicted molar refractivity (Wildman–Crippen MR) is 150 cm³/mol. The maximum atomic E-state index is 9.26. The number of aromatic nitrogens is 5. The highest BCUT2D eigenvalue weighted by atomic mass is 16.4. The van der Waals surface area contributed by atoms with Crippen LogP contribution in [-0.4, -0.2) is 43.0 Å². The number of amides is 1. The van der Waals surface area contributed by atoms with Crippen LogP contribution >= 0.6 is 0 Å². The quantitative estimate of drug-likeness (QED) is 0.272. The second kappa shape index (κ2) is 10.8. The average molecular weight is 510 g/mol. The predicted octanol–water partition coefficient (Wildman–Crippen LogP) is 5.99. The van der Waals surface area contributed by atoms with Crippen molar-refractivity contribution in [2.24, 2.45) is 0 Å². The van der Waals surface area contributed by atoms with E-state index in [2.05, 4.69) is 58.0 Å². The molecule has 0 radical (unpaired) electrons. The Balaban J connectivity index is 0.000000540. The number of carbonyl (C=O) groups is 1. The van der Waals surface area contributed by atoms with Crippen molar-refractivity contribution in [1.82, 2.24) is 30.0 Å². The van der Waals surface area contributed by atoms with Crippen molar-refractivity contribution in [2.45, 2.75) is 45.1 Å². The normalized spacial score (nSPS) is 13.7. The van der Waals surface area contributed by atoms with Crippen molar-refractivity contribution in [3.63, 3.8) is 0 Å². The van der Waals surface area contributed by atoms with Crippen LogP contribution in [0.1, 0.15) is 43.7 Å². The van der Waals surface area contributed by atoms with Crippen molar-refractivity contribution in [1.29, 1.82) is 0 Å². The standard InChI is InChI=1S/C27H26N6.C2H5NO2/c1-17-14-22(18-8-4-2-5-9-18)31-23-15-19(12-13-21(17)23)25-24-26(28)29-16-30-27(24)33(32-25)20-10-6-3-7-11-20;1-3-2(4)5/h2,4-5,8-9,12-16,20H,3,6-7,10-11H2,1H3,(H2,28,29,30);3H,1H3,(H,4,5). The van der Waals surface area contributed by atoms with Crippen LogP contribution in [0.2, 0.25) is 0 Å². The Morgan fingerprint density at radius 1 is 1.03 bits per heavy atom. The summed E-state index contributed by atoms with van der Waals surface area (Å²) in [5.41, 5.74) is 13.2. The molecule has 9 heteroatoms. The molecule has 194 valence electrons. The first-order chi connectivity index (χ1) is 18.5. The topological polar surface area (TPSA) is 132 Å². The van der Waals surface area contributed by atoms with E-state index in [1.807, 2.05) is 23.5 Å². The Labute approximate surface area is 220 Å². The molecule has 2 aromatic carbocycles. The Bertz CT molecular complexity index is 1590. The lowest BCUT2D eigenvalue weighted by Gasteiger charge is -2.22. The molecule has 0 aliphatic heterocycles. The molecular weight excluding hydrogens is 478 g/mol. The van der Waals surface area contributed by atoms with Crippen molar-refractivity contribution < 1.29 is 9.90 Å². The second-order valence-corrected chi connectivity index (χ2v) is 9.52. The lowest BCUT2D eigenvalue weighted by molar-refractivity contribution is 0.197. The first kappa shape index (κ1) is 25.1. The Kier molecular flexibility index (Phi) is 7.17. The SMILES string of the molecule is CNC(=O)O.Cc1cc(-c2ccccc2)nc2cc(-c3nn(C4CCCCC4)c4ncnc(N)c34)ccc12. The number of nitrogens with one attached hydrogen (secondary N) is 1. The minimum atomic E-state index is -0.995. The summed E-state index contributed by atoms with van der Waals surface area (Å²) < 4.78 is 2.09. The summed E-state index contributed by atoms with van der Waals surface area (Å²) in [6.45, 7) is 2.13. The number of fused-ring (bicyclic) bond motifs is 2. The summed E-state index contributed by atoms with van der Waals surface area (Å²) in [6, 6.07) is 19.2. The summed E-state index contributed by atoms with van der Waals surface area (Å²) in [5.74, 6) is 0.472. The van der Waals surface area contributed by atoms with Crippen LogP contribution in [0.4, 0.5) is 10.6 Å². The fourth-order valence-electron chi connectivity index (χ4n) is 5.08. The smallest absolute Gasteiger partial charge is 0.404 e. The molecule has 9 nitrogen and oxygen atoms in total. The molecule has 6 rings (SSSR count). The molecule has 1 aliphatic rings. The zero-order chi connectivity index (χ0) is 26.6. The monoisotopic (exact) mass is 509 g/mol. The molecule has 0 atom stereocenters. The van der Waals surface area contributed by atoms with E-state index < -0.39 is 6.09 Å². The number of benzene rings is 2. The van der Waals surface area contributed by atoms with Gasteiger partial charge in [0.2, 0.25) is 0 Å². The zero-order valence-electron chi connectivity index (χ0n) is 21.6. The van der Waals surface area contributed by atoms with Crippen LogP contribution in [0, 0.1) is 6.92 Å². The van der Waals surface area contributed by atoms with Gasteiger partial charge in [0, 0.05) is 23.6 Å². The number of nitrogens with two attached hydrogens (primary N) is 1. The molecule has 1 amide bonds. The number of hydrogen-bond acceptors (Lipinski definition) is 6. The molecule has 3 aromatic heterocycles. The maximum absolute atomic E-state index is 9.26. The molecule has 38 heavy (non-hydrogen) atoms. The van der Waals surface area contributed by atoms with Gasteiger partial charge in [-0.3, -0.25) is 0 Å². The molecule has 1 saturated carbocycles. The van der Waals surface area contributed by atoms with Gasteiger partial charge in [-0.1, -0.05) is 61.7 Å². The largest absolute Gasteiger partial charge is 0.465 e. The first-order valence-electron chi connectivity index (χ1n) is 12.8. The van der Waals surface area contributed by atoms with Gasteiger partial charge in [-0.2, -0.15) is 5.10 Å². The van der Waals surface area contributed by atoms with E-state index in [1.54, 1.807) is 6.33 Å². The van der Waals surface area contributed by atoms with Crippen molar-refractivity contribution in [2.75, 3.05) is 12.8 Å². The van der Waals surface area contributed by atoms with E-state index in [-0.39, 0.29) is 0 Å². The number of nitrogens with zero attached hydrogens (tertiary/aromatic N) is 5. The summed E-state index contributed by atoms with van der Waals surface area (Å²) in [6.07, 6.45) is 6.54. The molecule has 3 heterocycles. The van der Waals surface area contributed by atoms with E-state index in [9.17, 15) is 4.79 Å². The van der Waals surface area contributed by atoms with Gasteiger partial charge in [0.1, 0.15) is 17.8 Å². The highest BCUT2D eigenvalue weighted by Crippen LogP contribution is 2.37. The molecule has 1 aliphatic carbocycles. The molecule has 0 unspecified atom stereocenters. The lowest BCUT2D eigenvalue weighted by atomic mass is 9.96. The van der Waals surface area contributed by atoms with Crippen LogP contribution < -0.4 is 11.1 Å². The number of hydrogen-bond donors (Lipinski definition) is 3. The van der Waals surface area contributed by atoms with Crippen LogP contribution in [0.3, 0.4) is 0 Å². The summed E-state index contributed by atoms with van der Waals surface area (Å²) in [7, 11) is 1.35. The van der Waals surface area contributed by atoms with Gasteiger partial charge in [0.15, 0.2) is 5.65 Å². The number of pyridine rings is 1. The maximum Gasteiger partial charge on any atom is 0.404 e. The lowest BCUT2D eigenvalue weighted by Crippen LogP contribution is -2.14. The number of aryl methyl sites for hydroxylation is 1. The first-order valence-corrected chi connectivity index (χ1v) is 12.8. The summed E-state index contributed by atoms with van der Waals surface area (Å²) >= 11 is 0. The highest BCUT2D eigenvalue weighted by Gasteiger charge is 2.24. The minimum Gasteiger partial charge on any atom is -0.465 e. The number of anilines is 1. The number of rotatable bonds is 3. The van der Waals surface area contributed by atoms with Gasteiger partial charge in [-0.15, -0.1) is 0 Å². The molecular formula is C29H31N7O2. The van der Waals surface area contributed by atoms with Crippen LogP contribution in [0.25, 0.3) is 44.5 Å². The highest BCUT2D eigenvalue weighted by molar-refractivity contribution is 6.00. The zero-order valence-corrected chi connectivity index (χ0v) is 21.6. The fourth-order valence-corrected chi connectivity index (χ4v) is 5.08. The molecule has 5 aromatic rings. The van der Waals surface area contributed by atoms with Gasteiger partial charge in [0.25, 0.3) is 0 Å². The van der Waals surface area contributed by atoms with E-state index in [0.29, 0.717) is 11.9 Å². The van der Waals surface area contributed by atoms with E-state index in [0.717, 1.165) is 57.3 Å². The third kappa shape index (κ3) is 5.00. The third-order valence-corrected chi connectivity index (χ3v) is 7.01. The minimum absolute atomic E-state index is 0.356. The third-order valence-electron chi connectivity index (χ3n) is 7.01. The van der Waals surface area contributed by atoms with Crippen LogP contribution in [-0.2, 0) is 0 Å². The molecule has 1 fully saturated rings. The van der Waals surface area contributed by atoms with Crippen molar-refractivity contribution >= 4 is 33.8 Å². The second-order valence-electron chi connectivity index (χ2n) is 9.52. The van der Waals surface area contributed by atoms with Crippen molar-refractivity contribution in [3.05, 3.63) is 66.5 Å². The Morgan fingerprint density at radius 2 is 1.76 bits per heavy atom. The Morgan fingerprint density at radius 3 is 2.47 bits per heavy atom. The van der Waals surface area contributed by atoms with E-state index >= 15 is 0 Å². The Hall–Kier alpha value is -4.53. The molecule has 4 N–H and O–H groups in total. The van der Waals surface area contributed by atoms with E-state index in [1.165, 1.54) is 31.9 Å². The average Bonchev–Trinajstić information content (AvgIpc) is 3.35. The molecule has 0 saturated heterocycles. The summed E-state index contributed by atoms with van der Waals surface area (Å²) in [5, 5.41) is 16.6. The number of carboxylic acid groups (broad SMARTS) is 1. The van der Waals surface area contributed by atoms with Gasteiger partial charge >= 0.3 is 6.09 Å². The van der Waals surface area contributed by atoms with Crippen LogP contribution in [0.15, 0.2) is 60.9 Å². The van der Waals surface area contributed by atoms with Gasteiger partial charge in [-0.25, -0.2) is 24.4 Å². The van der Waals surface area contributed by atoms with Gasteiger partial charge in [0.05, 0.1) is 22.6 Å². The van der Waals surface area contributed by atoms with Crippen molar-refractivity contribution in [3.8, 4) is 22.5 Å². The van der Waals surface area contributed by atoms with Crippen LogP contribution in [0.5, 0.6) is 0 Å². The molecule has 0 bridgehead atoms. The number of nitrogen functional groups attached to an aromatic ring is 1. The van der Waals surface area contributed by atoms with E-state index in [4.69, 9.17) is 20.9 Å². The van der Waals surface area contributed by atoms with Gasteiger partial charge in [-0.05, 0) is 37.5 Å². The molecule has 0 spiro atoms. The fraction of sp³-hybridized carbons (Fsp3) is 0.276. The van der Waals surface area contributed by atoms with Gasteiger partial charge < -0.3 is 16.2 Å².